The molecule has 0 rings (SSSR count). The third kappa shape index (κ3) is 16.1. The fraction of sp³-hybridized carbons (Fsp3) is 1.00. The van der Waals surface area contributed by atoms with Crippen molar-refractivity contribution < 1.29 is 32.5 Å². The molecule has 118 valence electrons. The largest absolute Gasteiger partial charge is 0.500 e. The zero-order chi connectivity index (χ0) is 15.4. The predicted octanol–water partition coefficient (Wildman–Crippen LogP) is 0.455. The van der Waals surface area contributed by atoms with Crippen molar-refractivity contribution >= 4 is 16.6 Å². The number of phosphoric acid groups is 1. The normalized spacial score (nSPS) is 11.9. The quantitative estimate of drug-likeness (QED) is 0.356. The molecule has 0 aromatic carbocycles. The predicted molar refractivity (Wildman–Crippen MR) is 73.4 cm³/mol. The first-order valence-electron chi connectivity index (χ1n) is 6.14. The third-order valence-corrected chi connectivity index (χ3v) is 4.93. The Hall–Kier alpha value is 0.167. The number of hydrogen-bond donors (Lipinski definition) is 4. The van der Waals surface area contributed by atoms with Crippen LogP contribution in [0.1, 0.15) is 27.2 Å². The van der Waals surface area contributed by atoms with E-state index in [2.05, 4.69) is 0 Å². The summed E-state index contributed by atoms with van der Waals surface area (Å²) < 4.78 is 25.8. The highest BCUT2D eigenvalue weighted by molar-refractivity contribution is 7.45. The lowest BCUT2D eigenvalue weighted by molar-refractivity contribution is 0.0710. The molecule has 0 aromatic heterocycles. The van der Waals surface area contributed by atoms with Crippen molar-refractivity contribution in [3.8, 4) is 0 Å². The lowest BCUT2D eigenvalue weighted by Gasteiger charge is -2.28. The lowest BCUT2D eigenvalue weighted by Crippen LogP contribution is -2.46. The Morgan fingerprint density at radius 2 is 1.32 bits per heavy atom. The minimum absolute atomic E-state index is 0.636. The van der Waals surface area contributed by atoms with Crippen LogP contribution in [-0.4, -0.2) is 49.9 Å². The monoisotopic (exact) mass is 319 g/mol. The van der Waals surface area contributed by atoms with Crippen LogP contribution in [0.5, 0.6) is 0 Å². The van der Waals surface area contributed by atoms with Gasteiger partial charge in [0.1, 0.15) is 0 Å². The molecule has 0 spiro atoms. The van der Waals surface area contributed by atoms with E-state index < -0.39 is 16.6 Å². The number of nitrogens with two attached hydrogens (primary N) is 1. The Kier molecular flexibility index (Phi) is 13.5. The second kappa shape index (κ2) is 11.9. The van der Waals surface area contributed by atoms with Gasteiger partial charge in [-0.05, 0) is 33.7 Å². The maximum atomic E-state index is 8.88. The fourth-order valence-electron chi connectivity index (χ4n) is 1.32. The van der Waals surface area contributed by atoms with Crippen LogP contribution in [0.4, 0.5) is 0 Å². The van der Waals surface area contributed by atoms with E-state index in [9.17, 15) is 0 Å². The zero-order valence-corrected chi connectivity index (χ0v) is 13.6. The second-order valence-corrected chi connectivity index (χ2v) is 7.15. The average molecular weight is 319 g/mol. The van der Waals surface area contributed by atoms with Gasteiger partial charge < -0.3 is 33.7 Å². The molecular formula is C9H26NO7PSi. The van der Waals surface area contributed by atoms with Crippen LogP contribution in [0.3, 0.4) is 0 Å². The van der Waals surface area contributed by atoms with E-state index in [-0.39, 0.29) is 0 Å². The van der Waals surface area contributed by atoms with Crippen molar-refractivity contribution in [2.45, 2.75) is 33.2 Å². The van der Waals surface area contributed by atoms with Gasteiger partial charge in [0, 0.05) is 25.9 Å². The van der Waals surface area contributed by atoms with Crippen molar-refractivity contribution in [1.82, 2.24) is 0 Å². The molecule has 0 aliphatic heterocycles. The summed E-state index contributed by atoms with van der Waals surface area (Å²) in [4.78, 5) is 21.6. The molecule has 19 heavy (non-hydrogen) atoms. The summed E-state index contributed by atoms with van der Waals surface area (Å²) in [6.07, 6.45) is 0.895. The van der Waals surface area contributed by atoms with Gasteiger partial charge in [-0.1, -0.05) is 0 Å². The fourth-order valence-corrected chi connectivity index (χ4v) is 3.96. The molecule has 0 aliphatic carbocycles. The van der Waals surface area contributed by atoms with Gasteiger partial charge in [-0.25, -0.2) is 4.57 Å². The molecule has 0 aliphatic rings. The molecule has 0 aromatic rings. The van der Waals surface area contributed by atoms with E-state index in [0.29, 0.717) is 26.4 Å². The molecule has 0 saturated carbocycles. The minimum Gasteiger partial charge on any atom is -0.374 e. The van der Waals surface area contributed by atoms with E-state index in [1.807, 2.05) is 20.8 Å². The molecule has 0 radical (unpaired) electrons. The van der Waals surface area contributed by atoms with E-state index >= 15 is 0 Å². The standard InChI is InChI=1S/C9H23NO3Si.H3O4P/c1-4-11-14(12-5-2,13-6-3)9-7-8-10;1-5(2,3)4/h4-10H2,1-3H3;(H3,1,2,3,4). The Bertz CT molecular complexity index is 225. The Balaban J connectivity index is 0. The third-order valence-electron chi connectivity index (χ3n) is 1.78. The number of rotatable bonds is 9. The van der Waals surface area contributed by atoms with E-state index in [1.165, 1.54) is 0 Å². The van der Waals surface area contributed by atoms with Crippen molar-refractivity contribution in [3.05, 3.63) is 0 Å². The van der Waals surface area contributed by atoms with Gasteiger partial charge >= 0.3 is 16.6 Å². The molecule has 0 amide bonds. The van der Waals surface area contributed by atoms with Crippen LogP contribution >= 0.6 is 7.82 Å². The highest BCUT2D eigenvalue weighted by Crippen LogP contribution is 2.25. The van der Waals surface area contributed by atoms with Gasteiger partial charge in [0.2, 0.25) is 0 Å². The SMILES string of the molecule is CCO[Si](CCCN)(OCC)OCC.O=P(O)(O)O. The summed E-state index contributed by atoms with van der Waals surface area (Å²) >= 11 is 0. The summed E-state index contributed by atoms with van der Waals surface area (Å²) in [6.45, 7) is 8.44. The van der Waals surface area contributed by atoms with Crippen LogP contribution in [0.25, 0.3) is 0 Å². The van der Waals surface area contributed by atoms with Gasteiger partial charge in [0.05, 0.1) is 0 Å². The summed E-state index contributed by atoms with van der Waals surface area (Å²) in [5.74, 6) is 0. The molecule has 0 saturated heterocycles. The highest BCUT2D eigenvalue weighted by atomic mass is 31.2. The maximum Gasteiger partial charge on any atom is 0.500 e. The average Bonchev–Trinajstić information content (AvgIpc) is 2.25. The summed E-state index contributed by atoms with van der Waals surface area (Å²) in [5.41, 5.74) is 5.48. The molecule has 0 fully saturated rings. The highest BCUT2D eigenvalue weighted by Gasteiger charge is 2.39. The zero-order valence-electron chi connectivity index (χ0n) is 11.7. The molecule has 8 nitrogen and oxygen atoms in total. The Labute approximate surface area is 115 Å². The van der Waals surface area contributed by atoms with Crippen LogP contribution in [-0.2, 0) is 17.8 Å². The van der Waals surface area contributed by atoms with Gasteiger partial charge in [0.25, 0.3) is 0 Å². The molecule has 10 heteroatoms. The van der Waals surface area contributed by atoms with Crippen LogP contribution in [0, 0.1) is 0 Å². The van der Waals surface area contributed by atoms with Crippen LogP contribution in [0.2, 0.25) is 6.04 Å². The number of hydrogen-bond acceptors (Lipinski definition) is 5. The molecule has 0 heterocycles. The topological polar surface area (TPSA) is 131 Å². The first kappa shape index (κ1) is 21.5. The lowest BCUT2D eigenvalue weighted by atomic mass is 10.5. The van der Waals surface area contributed by atoms with E-state index in [4.69, 9.17) is 38.3 Å². The van der Waals surface area contributed by atoms with Crippen molar-refractivity contribution in [2.75, 3.05) is 26.4 Å². The van der Waals surface area contributed by atoms with Crippen LogP contribution < -0.4 is 5.73 Å². The Morgan fingerprint density at radius 1 is 1.00 bits per heavy atom. The summed E-state index contributed by atoms with van der Waals surface area (Å²) in [6, 6.07) is 0.818. The molecule has 5 N–H and O–H groups in total. The Morgan fingerprint density at radius 3 is 1.53 bits per heavy atom. The van der Waals surface area contributed by atoms with E-state index in [0.717, 1.165) is 12.5 Å². The molecular weight excluding hydrogens is 293 g/mol. The van der Waals surface area contributed by atoms with Gasteiger partial charge in [-0.15, -0.1) is 0 Å². The van der Waals surface area contributed by atoms with Crippen molar-refractivity contribution in [2.24, 2.45) is 5.73 Å². The smallest absolute Gasteiger partial charge is 0.374 e. The van der Waals surface area contributed by atoms with E-state index in [1.54, 1.807) is 0 Å². The minimum atomic E-state index is -4.64. The van der Waals surface area contributed by atoms with Crippen molar-refractivity contribution in [3.63, 3.8) is 0 Å². The first-order chi connectivity index (χ1) is 8.74. The van der Waals surface area contributed by atoms with Gasteiger partial charge in [-0.2, -0.15) is 0 Å². The summed E-state index contributed by atoms with van der Waals surface area (Å²) in [7, 11) is -7.04. The molecule has 0 bridgehead atoms. The van der Waals surface area contributed by atoms with Crippen molar-refractivity contribution in [1.29, 1.82) is 0 Å². The van der Waals surface area contributed by atoms with Gasteiger partial charge in [-0.3, -0.25) is 0 Å². The molecule has 0 atom stereocenters. The first-order valence-corrected chi connectivity index (χ1v) is 9.64. The van der Waals surface area contributed by atoms with Crippen LogP contribution in [0.15, 0.2) is 0 Å². The summed E-state index contributed by atoms with van der Waals surface area (Å²) in [5, 5.41) is 0. The second-order valence-electron chi connectivity index (χ2n) is 3.39. The van der Waals surface area contributed by atoms with Gasteiger partial charge in [0.15, 0.2) is 0 Å². The maximum absolute atomic E-state index is 8.88. The molecule has 0 unspecified atom stereocenters.